The highest BCUT2D eigenvalue weighted by molar-refractivity contribution is 6.01. The molecule has 1 saturated heterocycles. The molecule has 0 aliphatic carbocycles. The Kier molecular flexibility index (Phi) is 2.35. The summed E-state index contributed by atoms with van der Waals surface area (Å²) in [4.78, 5) is 24.2. The Morgan fingerprint density at radius 1 is 1.67 bits per heavy atom. The van der Waals surface area contributed by atoms with E-state index in [1.54, 1.807) is 19.0 Å². The number of nitrogens with zero attached hydrogens (tertiary/aromatic N) is 1. The fraction of sp³-hybridized carbons (Fsp3) is 0.750. The van der Waals surface area contributed by atoms with Crippen LogP contribution in [0.5, 0.6) is 0 Å². The van der Waals surface area contributed by atoms with Gasteiger partial charge in [-0.25, -0.2) is 0 Å². The van der Waals surface area contributed by atoms with Gasteiger partial charge in [-0.1, -0.05) is 6.92 Å². The van der Waals surface area contributed by atoms with Crippen molar-refractivity contribution >= 4 is 11.8 Å². The monoisotopic (exact) mass is 170 g/mol. The van der Waals surface area contributed by atoms with Gasteiger partial charge in [0.2, 0.25) is 11.8 Å². The van der Waals surface area contributed by atoms with E-state index in [-0.39, 0.29) is 17.7 Å². The zero-order chi connectivity index (χ0) is 9.30. The van der Waals surface area contributed by atoms with Crippen LogP contribution in [-0.4, -0.2) is 37.4 Å². The largest absolute Gasteiger partial charge is 0.358 e. The van der Waals surface area contributed by atoms with Gasteiger partial charge in [0.1, 0.15) is 5.92 Å². The summed E-state index contributed by atoms with van der Waals surface area (Å²) in [7, 11) is 3.28. The first-order chi connectivity index (χ1) is 5.57. The van der Waals surface area contributed by atoms with E-state index in [1.807, 2.05) is 6.92 Å². The van der Waals surface area contributed by atoms with Gasteiger partial charge in [-0.3, -0.25) is 9.59 Å². The van der Waals surface area contributed by atoms with E-state index < -0.39 is 5.92 Å². The molecule has 2 amide bonds. The Morgan fingerprint density at radius 2 is 2.25 bits per heavy atom. The molecule has 4 heteroatoms. The molecule has 0 saturated carbocycles. The van der Waals surface area contributed by atoms with E-state index in [0.29, 0.717) is 6.54 Å². The molecule has 0 aromatic heterocycles. The maximum absolute atomic E-state index is 11.4. The molecular formula is C8H14N2O2. The van der Waals surface area contributed by atoms with Gasteiger partial charge in [0.15, 0.2) is 0 Å². The van der Waals surface area contributed by atoms with Crippen LogP contribution in [0.4, 0.5) is 0 Å². The summed E-state index contributed by atoms with van der Waals surface area (Å²) in [5.41, 5.74) is 0. The van der Waals surface area contributed by atoms with Gasteiger partial charge in [-0.05, 0) is 5.92 Å². The molecule has 1 N–H and O–H groups in total. The molecule has 0 aromatic rings. The minimum absolute atomic E-state index is 0.0677. The van der Waals surface area contributed by atoms with E-state index in [2.05, 4.69) is 5.32 Å². The first-order valence-corrected chi connectivity index (χ1v) is 4.04. The van der Waals surface area contributed by atoms with Gasteiger partial charge in [0.25, 0.3) is 0 Å². The van der Waals surface area contributed by atoms with Gasteiger partial charge in [0, 0.05) is 20.6 Å². The number of likely N-dealkylation sites (tertiary alicyclic amines) is 1. The van der Waals surface area contributed by atoms with Crippen molar-refractivity contribution in [3.63, 3.8) is 0 Å². The highest BCUT2D eigenvalue weighted by Crippen LogP contribution is 2.22. The zero-order valence-electron chi connectivity index (χ0n) is 7.63. The van der Waals surface area contributed by atoms with Crippen LogP contribution in [0.15, 0.2) is 0 Å². The molecule has 0 spiro atoms. The van der Waals surface area contributed by atoms with Gasteiger partial charge in [0.05, 0.1) is 0 Å². The summed E-state index contributed by atoms with van der Waals surface area (Å²) in [6, 6.07) is 0. The SMILES string of the molecule is CNC(=O)C1C(=O)N(C)CC1C. The Bertz CT molecular complexity index is 215. The van der Waals surface area contributed by atoms with Crippen LogP contribution in [0.3, 0.4) is 0 Å². The molecule has 0 radical (unpaired) electrons. The van der Waals surface area contributed by atoms with E-state index in [9.17, 15) is 9.59 Å². The third-order valence-electron chi connectivity index (χ3n) is 2.30. The van der Waals surface area contributed by atoms with Crippen molar-refractivity contribution in [3.05, 3.63) is 0 Å². The van der Waals surface area contributed by atoms with Crippen LogP contribution in [0, 0.1) is 11.8 Å². The standard InChI is InChI=1S/C8H14N2O2/c1-5-4-10(3)8(12)6(5)7(11)9-2/h5-6H,4H2,1-3H3,(H,9,11). The van der Waals surface area contributed by atoms with Crippen LogP contribution in [0.25, 0.3) is 0 Å². The summed E-state index contributed by atoms with van der Waals surface area (Å²) < 4.78 is 0. The fourth-order valence-electron chi connectivity index (χ4n) is 1.63. The Labute approximate surface area is 71.9 Å². The summed E-state index contributed by atoms with van der Waals surface area (Å²) >= 11 is 0. The molecule has 0 bridgehead atoms. The van der Waals surface area contributed by atoms with Crippen LogP contribution < -0.4 is 5.32 Å². The molecular weight excluding hydrogens is 156 g/mol. The molecule has 2 atom stereocenters. The molecule has 4 nitrogen and oxygen atoms in total. The van der Waals surface area contributed by atoms with E-state index >= 15 is 0 Å². The summed E-state index contributed by atoms with van der Waals surface area (Å²) in [5, 5.41) is 2.50. The van der Waals surface area contributed by atoms with Gasteiger partial charge >= 0.3 is 0 Å². The number of hydrogen-bond acceptors (Lipinski definition) is 2. The van der Waals surface area contributed by atoms with Crippen molar-refractivity contribution < 1.29 is 9.59 Å². The first-order valence-electron chi connectivity index (χ1n) is 4.04. The predicted octanol–water partition coefficient (Wildman–Crippen LogP) is -0.543. The maximum atomic E-state index is 11.4. The second-order valence-corrected chi connectivity index (χ2v) is 3.29. The number of carbonyl (C=O) groups excluding carboxylic acids is 2. The van der Waals surface area contributed by atoms with Crippen LogP contribution in [0.2, 0.25) is 0 Å². The highest BCUT2D eigenvalue weighted by Gasteiger charge is 2.40. The Balaban J connectivity index is 2.76. The summed E-state index contributed by atoms with van der Waals surface area (Å²) in [6.45, 7) is 2.60. The lowest BCUT2D eigenvalue weighted by Crippen LogP contribution is -2.35. The molecule has 1 fully saturated rings. The number of rotatable bonds is 1. The van der Waals surface area contributed by atoms with Crippen LogP contribution >= 0.6 is 0 Å². The van der Waals surface area contributed by atoms with Crippen molar-refractivity contribution in [3.8, 4) is 0 Å². The number of hydrogen-bond donors (Lipinski definition) is 1. The van der Waals surface area contributed by atoms with Crippen molar-refractivity contribution in [1.82, 2.24) is 10.2 Å². The van der Waals surface area contributed by atoms with Gasteiger partial charge < -0.3 is 10.2 Å². The smallest absolute Gasteiger partial charge is 0.235 e. The average Bonchev–Trinajstić information content (AvgIpc) is 2.26. The normalized spacial score (nSPS) is 29.2. The van der Waals surface area contributed by atoms with Crippen molar-refractivity contribution in [2.75, 3.05) is 20.6 Å². The molecule has 1 aliphatic heterocycles. The summed E-state index contributed by atoms with van der Waals surface area (Å²) in [5.74, 6) is -0.582. The minimum atomic E-state index is -0.472. The van der Waals surface area contributed by atoms with Crippen molar-refractivity contribution in [1.29, 1.82) is 0 Å². The molecule has 1 aliphatic rings. The first kappa shape index (κ1) is 9.03. The second kappa shape index (κ2) is 3.13. The quantitative estimate of drug-likeness (QED) is 0.537. The zero-order valence-corrected chi connectivity index (χ0v) is 7.63. The molecule has 1 rings (SSSR count). The average molecular weight is 170 g/mol. The molecule has 0 aromatic carbocycles. The number of carbonyl (C=O) groups is 2. The second-order valence-electron chi connectivity index (χ2n) is 3.29. The number of amides is 2. The maximum Gasteiger partial charge on any atom is 0.235 e. The van der Waals surface area contributed by atoms with Crippen LogP contribution in [0.1, 0.15) is 6.92 Å². The lowest BCUT2D eigenvalue weighted by molar-refractivity contribution is -0.137. The Hall–Kier alpha value is -1.06. The molecule has 1 heterocycles. The minimum Gasteiger partial charge on any atom is -0.358 e. The topological polar surface area (TPSA) is 49.4 Å². The van der Waals surface area contributed by atoms with Gasteiger partial charge in [-0.15, -0.1) is 0 Å². The molecule has 2 unspecified atom stereocenters. The molecule has 68 valence electrons. The fourth-order valence-corrected chi connectivity index (χ4v) is 1.63. The highest BCUT2D eigenvalue weighted by atomic mass is 16.2. The van der Waals surface area contributed by atoms with E-state index in [1.165, 1.54) is 0 Å². The Morgan fingerprint density at radius 3 is 2.58 bits per heavy atom. The lowest BCUT2D eigenvalue weighted by atomic mass is 9.97. The van der Waals surface area contributed by atoms with Crippen molar-refractivity contribution in [2.24, 2.45) is 11.8 Å². The van der Waals surface area contributed by atoms with Gasteiger partial charge in [-0.2, -0.15) is 0 Å². The molecule has 12 heavy (non-hydrogen) atoms. The predicted molar refractivity (Wildman–Crippen MR) is 44.4 cm³/mol. The third-order valence-corrected chi connectivity index (χ3v) is 2.30. The third kappa shape index (κ3) is 1.29. The summed E-state index contributed by atoms with van der Waals surface area (Å²) in [6.07, 6.45) is 0. The van der Waals surface area contributed by atoms with E-state index in [0.717, 1.165) is 0 Å². The number of nitrogens with one attached hydrogen (secondary N) is 1. The van der Waals surface area contributed by atoms with E-state index in [4.69, 9.17) is 0 Å². The lowest BCUT2D eigenvalue weighted by Gasteiger charge is -2.09. The van der Waals surface area contributed by atoms with Crippen LogP contribution in [-0.2, 0) is 9.59 Å². The van der Waals surface area contributed by atoms with Crippen molar-refractivity contribution in [2.45, 2.75) is 6.92 Å².